The third-order valence-corrected chi connectivity index (χ3v) is 4.38. The lowest BCUT2D eigenvalue weighted by Crippen LogP contribution is -2.31. The van der Waals surface area contributed by atoms with Gasteiger partial charge in [-0.25, -0.2) is 0 Å². The zero-order valence-electron chi connectivity index (χ0n) is 10.2. The fraction of sp³-hybridized carbons (Fsp3) is 0.571. The highest BCUT2D eigenvalue weighted by molar-refractivity contribution is 9.10. The van der Waals surface area contributed by atoms with E-state index >= 15 is 0 Å². The molecule has 1 atom stereocenters. The van der Waals surface area contributed by atoms with E-state index in [4.69, 9.17) is 0 Å². The first-order chi connectivity index (χ1) is 8.16. The predicted molar refractivity (Wildman–Crippen MR) is 74.1 cm³/mol. The van der Waals surface area contributed by atoms with E-state index in [1.54, 1.807) is 6.07 Å². The molecule has 94 valence electrons. The van der Waals surface area contributed by atoms with Crippen molar-refractivity contribution in [2.24, 2.45) is 5.92 Å². The van der Waals surface area contributed by atoms with Crippen molar-refractivity contribution < 1.29 is 5.11 Å². The van der Waals surface area contributed by atoms with Crippen molar-refractivity contribution in [3.05, 3.63) is 28.2 Å². The van der Waals surface area contributed by atoms with Gasteiger partial charge >= 0.3 is 0 Å². The number of phenolic OH excluding ortho intramolecular Hbond substituents is 1. The molecular weight excluding hydrogens is 278 g/mol. The van der Waals surface area contributed by atoms with E-state index in [-0.39, 0.29) is 0 Å². The van der Waals surface area contributed by atoms with Gasteiger partial charge < -0.3 is 10.4 Å². The van der Waals surface area contributed by atoms with Gasteiger partial charge in [-0.15, -0.1) is 0 Å². The number of hydrogen-bond acceptors (Lipinski definition) is 2. The van der Waals surface area contributed by atoms with Crippen molar-refractivity contribution in [1.82, 2.24) is 5.32 Å². The third-order valence-electron chi connectivity index (χ3n) is 3.75. The molecule has 1 aliphatic rings. The minimum absolute atomic E-state index is 0.303. The molecule has 0 aliphatic heterocycles. The van der Waals surface area contributed by atoms with Crippen molar-refractivity contribution in [2.45, 2.75) is 45.2 Å². The van der Waals surface area contributed by atoms with Crippen LogP contribution in [0.1, 0.15) is 38.2 Å². The van der Waals surface area contributed by atoms with Crippen LogP contribution in [-0.2, 0) is 6.54 Å². The van der Waals surface area contributed by atoms with E-state index in [9.17, 15) is 5.11 Å². The molecule has 17 heavy (non-hydrogen) atoms. The SMILES string of the molecule is C[C@H](NCc1ccc(O)c(Br)c1)C1CCCC1. The first kappa shape index (κ1) is 12.9. The lowest BCUT2D eigenvalue weighted by atomic mass is 9.99. The van der Waals surface area contributed by atoms with Crippen molar-refractivity contribution in [1.29, 1.82) is 0 Å². The molecule has 1 fully saturated rings. The molecule has 0 aromatic heterocycles. The Morgan fingerprint density at radius 2 is 2.12 bits per heavy atom. The number of nitrogens with one attached hydrogen (secondary N) is 1. The molecule has 2 nitrogen and oxygen atoms in total. The van der Waals surface area contributed by atoms with Crippen LogP contribution >= 0.6 is 15.9 Å². The summed E-state index contributed by atoms with van der Waals surface area (Å²) in [5.41, 5.74) is 1.21. The monoisotopic (exact) mass is 297 g/mol. The zero-order chi connectivity index (χ0) is 12.3. The van der Waals surface area contributed by atoms with Crippen molar-refractivity contribution >= 4 is 15.9 Å². The Bertz CT molecular complexity index is 374. The number of halogens is 1. The zero-order valence-corrected chi connectivity index (χ0v) is 11.8. The van der Waals surface area contributed by atoms with E-state index in [2.05, 4.69) is 28.2 Å². The van der Waals surface area contributed by atoms with Crippen LogP contribution in [-0.4, -0.2) is 11.1 Å². The van der Waals surface area contributed by atoms with Crippen LogP contribution in [0.3, 0.4) is 0 Å². The van der Waals surface area contributed by atoms with Crippen LogP contribution in [0.15, 0.2) is 22.7 Å². The number of benzene rings is 1. The van der Waals surface area contributed by atoms with Gasteiger partial charge in [0.05, 0.1) is 4.47 Å². The fourth-order valence-electron chi connectivity index (χ4n) is 2.56. The average Bonchev–Trinajstić information content (AvgIpc) is 2.84. The molecule has 2 rings (SSSR count). The van der Waals surface area contributed by atoms with Gasteiger partial charge in [0, 0.05) is 12.6 Å². The minimum atomic E-state index is 0.303. The second-order valence-electron chi connectivity index (χ2n) is 5.00. The molecule has 0 bridgehead atoms. The summed E-state index contributed by atoms with van der Waals surface area (Å²) in [4.78, 5) is 0. The summed E-state index contributed by atoms with van der Waals surface area (Å²) in [7, 11) is 0. The van der Waals surface area contributed by atoms with Crippen molar-refractivity contribution in [2.75, 3.05) is 0 Å². The highest BCUT2D eigenvalue weighted by Crippen LogP contribution is 2.28. The van der Waals surface area contributed by atoms with Crippen LogP contribution in [0, 0.1) is 5.92 Å². The largest absolute Gasteiger partial charge is 0.507 e. The standard InChI is InChI=1S/C14H20BrNO/c1-10(12-4-2-3-5-12)16-9-11-6-7-14(17)13(15)8-11/h6-8,10,12,16-17H,2-5,9H2,1H3/t10-/m0/s1. The second-order valence-corrected chi connectivity index (χ2v) is 5.85. The van der Waals surface area contributed by atoms with E-state index in [0.29, 0.717) is 11.8 Å². The molecule has 0 saturated heterocycles. The molecule has 0 radical (unpaired) electrons. The number of phenols is 1. The first-order valence-electron chi connectivity index (χ1n) is 6.37. The molecule has 1 aliphatic carbocycles. The van der Waals surface area contributed by atoms with E-state index < -0.39 is 0 Å². The summed E-state index contributed by atoms with van der Waals surface area (Å²) in [5.74, 6) is 1.15. The van der Waals surface area contributed by atoms with Crippen LogP contribution in [0.4, 0.5) is 0 Å². The fourth-order valence-corrected chi connectivity index (χ4v) is 2.99. The Kier molecular flexibility index (Phi) is 4.46. The molecule has 1 aromatic carbocycles. The Balaban J connectivity index is 1.86. The summed E-state index contributed by atoms with van der Waals surface area (Å²) in [6, 6.07) is 6.27. The lowest BCUT2D eigenvalue weighted by Gasteiger charge is -2.20. The van der Waals surface area contributed by atoms with Gasteiger partial charge in [0.15, 0.2) is 0 Å². The maximum atomic E-state index is 9.43. The summed E-state index contributed by atoms with van der Waals surface area (Å²) < 4.78 is 0.769. The van der Waals surface area contributed by atoms with Crippen LogP contribution in [0.2, 0.25) is 0 Å². The molecule has 0 unspecified atom stereocenters. The smallest absolute Gasteiger partial charge is 0.129 e. The summed E-state index contributed by atoms with van der Waals surface area (Å²) in [5, 5.41) is 13.0. The molecule has 0 heterocycles. The Hall–Kier alpha value is -0.540. The Labute approximate surface area is 112 Å². The van der Waals surface area contributed by atoms with E-state index in [0.717, 1.165) is 16.9 Å². The van der Waals surface area contributed by atoms with Gasteiger partial charge in [0.1, 0.15) is 5.75 Å². The highest BCUT2D eigenvalue weighted by Gasteiger charge is 2.20. The predicted octanol–water partition coefficient (Wildman–Crippen LogP) is 3.82. The van der Waals surface area contributed by atoms with Gasteiger partial charge in [0.2, 0.25) is 0 Å². The maximum Gasteiger partial charge on any atom is 0.129 e. The lowest BCUT2D eigenvalue weighted by molar-refractivity contribution is 0.380. The van der Waals surface area contributed by atoms with Gasteiger partial charge in [-0.05, 0) is 59.3 Å². The molecule has 1 saturated carbocycles. The Morgan fingerprint density at radius 3 is 2.76 bits per heavy atom. The van der Waals surface area contributed by atoms with Crippen LogP contribution < -0.4 is 5.32 Å². The third kappa shape index (κ3) is 3.46. The number of rotatable bonds is 4. The van der Waals surface area contributed by atoms with Crippen LogP contribution in [0.25, 0.3) is 0 Å². The first-order valence-corrected chi connectivity index (χ1v) is 7.17. The van der Waals surface area contributed by atoms with Crippen molar-refractivity contribution in [3.63, 3.8) is 0 Å². The topological polar surface area (TPSA) is 32.3 Å². The normalized spacial score (nSPS) is 18.5. The maximum absolute atomic E-state index is 9.43. The second kappa shape index (κ2) is 5.87. The van der Waals surface area contributed by atoms with Crippen molar-refractivity contribution in [3.8, 4) is 5.75 Å². The summed E-state index contributed by atoms with van der Waals surface area (Å²) in [6.07, 6.45) is 5.52. The van der Waals surface area contributed by atoms with Gasteiger partial charge in [-0.3, -0.25) is 0 Å². The average molecular weight is 298 g/mol. The quantitative estimate of drug-likeness (QED) is 0.885. The molecule has 0 spiro atoms. The highest BCUT2D eigenvalue weighted by atomic mass is 79.9. The molecule has 1 aromatic rings. The van der Waals surface area contributed by atoms with Gasteiger partial charge in [-0.1, -0.05) is 18.9 Å². The number of aromatic hydroxyl groups is 1. The molecule has 0 amide bonds. The minimum Gasteiger partial charge on any atom is -0.507 e. The Morgan fingerprint density at radius 1 is 1.41 bits per heavy atom. The summed E-state index contributed by atoms with van der Waals surface area (Å²) >= 11 is 3.34. The molecule has 3 heteroatoms. The van der Waals surface area contributed by atoms with Gasteiger partial charge in [0.25, 0.3) is 0 Å². The number of hydrogen-bond donors (Lipinski definition) is 2. The van der Waals surface area contributed by atoms with Crippen LogP contribution in [0.5, 0.6) is 5.75 Å². The van der Waals surface area contributed by atoms with E-state index in [1.807, 2.05) is 12.1 Å². The van der Waals surface area contributed by atoms with E-state index in [1.165, 1.54) is 31.2 Å². The summed E-state index contributed by atoms with van der Waals surface area (Å²) in [6.45, 7) is 3.15. The molecule has 2 N–H and O–H groups in total. The molecular formula is C14H20BrNO. The van der Waals surface area contributed by atoms with Gasteiger partial charge in [-0.2, -0.15) is 0 Å².